The van der Waals surface area contributed by atoms with Crippen LogP contribution in [-0.2, 0) is 9.59 Å². The third kappa shape index (κ3) is 3.82. The number of carbonyl (C=O) groups is 2. The summed E-state index contributed by atoms with van der Waals surface area (Å²) in [6.07, 6.45) is 0.990. The Labute approximate surface area is 125 Å². The summed E-state index contributed by atoms with van der Waals surface area (Å²) >= 11 is 0. The van der Waals surface area contributed by atoms with Gasteiger partial charge in [-0.05, 0) is 25.8 Å². The predicted molar refractivity (Wildman–Crippen MR) is 80.7 cm³/mol. The first kappa shape index (κ1) is 15.5. The SMILES string of the molecule is CC(=O)N1CCCC(C(=O)Nc2ccccc2C(C)O)C1. The molecule has 1 fully saturated rings. The van der Waals surface area contributed by atoms with Gasteiger partial charge in [-0.1, -0.05) is 18.2 Å². The molecule has 2 atom stereocenters. The van der Waals surface area contributed by atoms with Crippen molar-refractivity contribution in [1.29, 1.82) is 0 Å². The van der Waals surface area contributed by atoms with Crippen LogP contribution in [0.4, 0.5) is 5.69 Å². The van der Waals surface area contributed by atoms with Gasteiger partial charge in [0.1, 0.15) is 0 Å². The van der Waals surface area contributed by atoms with Crippen molar-refractivity contribution in [3.05, 3.63) is 29.8 Å². The minimum atomic E-state index is -0.637. The molecule has 5 nitrogen and oxygen atoms in total. The molecule has 1 saturated heterocycles. The minimum Gasteiger partial charge on any atom is -0.389 e. The van der Waals surface area contributed by atoms with Crippen molar-refractivity contribution >= 4 is 17.5 Å². The first-order chi connectivity index (χ1) is 9.99. The predicted octanol–water partition coefficient (Wildman–Crippen LogP) is 1.94. The van der Waals surface area contributed by atoms with Gasteiger partial charge in [-0.3, -0.25) is 9.59 Å². The molecule has 1 aliphatic rings. The zero-order valence-electron chi connectivity index (χ0n) is 12.5. The largest absolute Gasteiger partial charge is 0.389 e. The highest BCUT2D eigenvalue weighted by Crippen LogP contribution is 2.24. The lowest BCUT2D eigenvalue weighted by molar-refractivity contribution is -0.132. The number of hydrogen-bond acceptors (Lipinski definition) is 3. The van der Waals surface area contributed by atoms with Gasteiger partial charge < -0.3 is 15.3 Å². The Kier molecular flexibility index (Phi) is 4.96. The Hall–Kier alpha value is -1.88. The van der Waals surface area contributed by atoms with Crippen LogP contribution in [0.2, 0.25) is 0 Å². The van der Waals surface area contributed by atoms with Crippen molar-refractivity contribution in [2.24, 2.45) is 5.92 Å². The van der Waals surface area contributed by atoms with Crippen LogP contribution in [0, 0.1) is 5.92 Å². The lowest BCUT2D eigenvalue weighted by Crippen LogP contribution is -2.42. The Bertz CT molecular complexity index is 528. The Morgan fingerprint density at radius 2 is 2.10 bits per heavy atom. The van der Waals surface area contributed by atoms with Crippen LogP contribution >= 0.6 is 0 Å². The molecule has 0 aromatic heterocycles. The fourth-order valence-electron chi connectivity index (χ4n) is 2.69. The molecule has 5 heteroatoms. The van der Waals surface area contributed by atoms with Gasteiger partial charge >= 0.3 is 0 Å². The number of aliphatic hydroxyl groups excluding tert-OH is 1. The van der Waals surface area contributed by atoms with Crippen LogP contribution in [-0.4, -0.2) is 34.9 Å². The van der Waals surface area contributed by atoms with Crippen LogP contribution in [0.25, 0.3) is 0 Å². The molecule has 1 aliphatic heterocycles. The number of likely N-dealkylation sites (tertiary alicyclic amines) is 1. The summed E-state index contributed by atoms with van der Waals surface area (Å²) in [6, 6.07) is 7.23. The normalized spacial score (nSPS) is 20.0. The van der Waals surface area contributed by atoms with Crippen LogP contribution in [0.3, 0.4) is 0 Å². The Balaban J connectivity index is 2.06. The highest BCUT2D eigenvalue weighted by molar-refractivity contribution is 5.93. The number of carbonyl (C=O) groups excluding carboxylic acids is 2. The zero-order valence-corrected chi connectivity index (χ0v) is 12.5. The van der Waals surface area contributed by atoms with Gasteiger partial charge in [-0.2, -0.15) is 0 Å². The van der Waals surface area contributed by atoms with Gasteiger partial charge in [0, 0.05) is 31.3 Å². The molecule has 2 unspecified atom stereocenters. The second-order valence-electron chi connectivity index (χ2n) is 5.56. The summed E-state index contributed by atoms with van der Waals surface area (Å²) in [6.45, 7) is 4.40. The Morgan fingerprint density at radius 3 is 2.76 bits per heavy atom. The monoisotopic (exact) mass is 290 g/mol. The number of rotatable bonds is 3. The lowest BCUT2D eigenvalue weighted by Gasteiger charge is -2.31. The summed E-state index contributed by atoms with van der Waals surface area (Å²) in [5.41, 5.74) is 1.34. The van der Waals surface area contributed by atoms with Crippen molar-refractivity contribution in [2.45, 2.75) is 32.8 Å². The molecule has 1 aromatic carbocycles. The fourth-order valence-corrected chi connectivity index (χ4v) is 2.69. The maximum absolute atomic E-state index is 12.4. The van der Waals surface area contributed by atoms with Crippen LogP contribution in [0.5, 0.6) is 0 Å². The van der Waals surface area contributed by atoms with Gasteiger partial charge in [-0.15, -0.1) is 0 Å². The number of amides is 2. The van der Waals surface area contributed by atoms with Gasteiger partial charge in [0.15, 0.2) is 0 Å². The van der Waals surface area contributed by atoms with Gasteiger partial charge in [0.05, 0.1) is 12.0 Å². The number of nitrogens with zero attached hydrogens (tertiary/aromatic N) is 1. The number of para-hydroxylation sites is 1. The number of aliphatic hydroxyl groups is 1. The van der Waals surface area contributed by atoms with Crippen molar-refractivity contribution in [2.75, 3.05) is 18.4 Å². The molecular weight excluding hydrogens is 268 g/mol. The van der Waals surface area contributed by atoms with Crippen molar-refractivity contribution < 1.29 is 14.7 Å². The highest BCUT2D eigenvalue weighted by atomic mass is 16.3. The highest BCUT2D eigenvalue weighted by Gasteiger charge is 2.27. The second-order valence-corrected chi connectivity index (χ2v) is 5.56. The lowest BCUT2D eigenvalue weighted by atomic mass is 9.96. The van der Waals surface area contributed by atoms with E-state index in [0.29, 0.717) is 17.8 Å². The van der Waals surface area contributed by atoms with E-state index in [1.807, 2.05) is 12.1 Å². The average molecular weight is 290 g/mol. The van der Waals surface area contributed by atoms with E-state index < -0.39 is 6.10 Å². The smallest absolute Gasteiger partial charge is 0.229 e. The van der Waals surface area contributed by atoms with E-state index in [4.69, 9.17) is 0 Å². The average Bonchev–Trinajstić information content (AvgIpc) is 2.47. The number of benzene rings is 1. The van der Waals surface area contributed by atoms with E-state index in [0.717, 1.165) is 19.4 Å². The third-order valence-electron chi connectivity index (χ3n) is 3.91. The quantitative estimate of drug-likeness (QED) is 0.893. The van der Waals surface area contributed by atoms with Crippen molar-refractivity contribution in [3.63, 3.8) is 0 Å². The van der Waals surface area contributed by atoms with E-state index in [2.05, 4.69) is 5.32 Å². The summed E-state index contributed by atoms with van der Waals surface area (Å²) in [5, 5.41) is 12.6. The van der Waals surface area contributed by atoms with E-state index in [-0.39, 0.29) is 17.7 Å². The molecule has 2 rings (SSSR count). The first-order valence-electron chi connectivity index (χ1n) is 7.32. The maximum atomic E-state index is 12.4. The minimum absolute atomic E-state index is 0.0110. The summed E-state index contributed by atoms with van der Waals surface area (Å²) < 4.78 is 0. The number of anilines is 1. The molecule has 1 aromatic rings. The molecular formula is C16H22N2O3. The van der Waals surface area contributed by atoms with Crippen molar-refractivity contribution in [1.82, 2.24) is 4.90 Å². The second kappa shape index (κ2) is 6.72. The first-order valence-corrected chi connectivity index (χ1v) is 7.32. The maximum Gasteiger partial charge on any atom is 0.229 e. The molecule has 0 spiro atoms. The molecule has 2 N–H and O–H groups in total. The van der Waals surface area contributed by atoms with Gasteiger partial charge in [-0.25, -0.2) is 0 Å². The van der Waals surface area contributed by atoms with Gasteiger partial charge in [0.2, 0.25) is 11.8 Å². The molecule has 21 heavy (non-hydrogen) atoms. The third-order valence-corrected chi connectivity index (χ3v) is 3.91. The fraction of sp³-hybridized carbons (Fsp3) is 0.500. The zero-order chi connectivity index (χ0) is 15.4. The van der Waals surface area contributed by atoms with E-state index in [1.54, 1.807) is 24.0 Å². The molecule has 0 radical (unpaired) electrons. The van der Waals surface area contributed by atoms with Gasteiger partial charge in [0.25, 0.3) is 0 Å². The summed E-state index contributed by atoms with van der Waals surface area (Å²) in [4.78, 5) is 25.5. The van der Waals surface area contributed by atoms with E-state index >= 15 is 0 Å². The summed E-state index contributed by atoms with van der Waals surface area (Å²) in [5.74, 6) is -0.268. The summed E-state index contributed by atoms with van der Waals surface area (Å²) in [7, 11) is 0. The molecule has 114 valence electrons. The number of hydrogen-bond donors (Lipinski definition) is 2. The Morgan fingerprint density at radius 1 is 1.38 bits per heavy atom. The topological polar surface area (TPSA) is 69.6 Å². The van der Waals surface area contributed by atoms with Crippen molar-refractivity contribution in [3.8, 4) is 0 Å². The molecule has 0 saturated carbocycles. The standard InChI is InChI=1S/C16H22N2O3/c1-11(19)14-7-3-4-8-15(14)17-16(21)13-6-5-9-18(10-13)12(2)20/h3-4,7-8,11,13,19H,5-6,9-10H2,1-2H3,(H,17,21). The number of piperidine rings is 1. The molecule has 0 bridgehead atoms. The van der Waals surface area contributed by atoms with E-state index in [9.17, 15) is 14.7 Å². The van der Waals surface area contributed by atoms with Crippen LogP contribution < -0.4 is 5.32 Å². The van der Waals surface area contributed by atoms with E-state index in [1.165, 1.54) is 6.92 Å². The molecule has 2 amide bonds. The van der Waals surface area contributed by atoms with Crippen LogP contribution in [0.15, 0.2) is 24.3 Å². The van der Waals surface area contributed by atoms with Crippen LogP contribution in [0.1, 0.15) is 38.4 Å². The molecule has 1 heterocycles. The molecule has 0 aliphatic carbocycles. The number of nitrogens with one attached hydrogen (secondary N) is 1.